The molecule has 0 aromatic carbocycles. The molecule has 9 nitrogen and oxygen atoms in total. The van der Waals surface area contributed by atoms with E-state index in [1.807, 2.05) is 49.1 Å². The number of aromatic nitrogens is 5. The van der Waals surface area contributed by atoms with Crippen LogP contribution in [0.15, 0.2) is 48.0 Å². The van der Waals surface area contributed by atoms with Crippen molar-refractivity contribution in [1.29, 1.82) is 0 Å². The number of nitrogens with one attached hydrogen (secondary N) is 1. The van der Waals surface area contributed by atoms with E-state index in [-0.39, 0.29) is 5.88 Å². The van der Waals surface area contributed by atoms with Crippen LogP contribution >= 0.6 is 0 Å². The molecule has 2 aliphatic rings. The molecule has 0 radical (unpaired) electrons. The molecule has 180 valence electrons. The number of ether oxygens (including phenoxy) is 1. The van der Waals surface area contributed by atoms with Crippen molar-refractivity contribution in [3.05, 3.63) is 54.1 Å². The van der Waals surface area contributed by atoms with Crippen molar-refractivity contribution >= 4 is 22.4 Å². The summed E-state index contributed by atoms with van der Waals surface area (Å²) in [5.41, 5.74) is 4.97. The van der Waals surface area contributed by atoms with E-state index < -0.39 is 0 Å². The van der Waals surface area contributed by atoms with Crippen LogP contribution in [0, 0.1) is 6.92 Å². The summed E-state index contributed by atoms with van der Waals surface area (Å²) in [6, 6.07) is 6.86. The molecule has 6 heterocycles. The third kappa shape index (κ3) is 4.11. The van der Waals surface area contributed by atoms with Gasteiger partial charge in [-0.1, -0.05) is 0 Å². The minimum Gasteiger partial charge on any atom is -0.494 e. The molecule has 0 unspecified atom stereocenters. The van der Waals surface area contributed by atoms with Gasteiger partial charge in [0, 0.05) is 48.7 Å². The highest BCUT2D eigenvalue weighted by Crippen LogP contribution is 2.32. The van der Waals surface area contributed by atoms with Gasteiger partial charge < -0.3 is 14.8 Å². The topological polar surface area (TPSA) is 104 Å². The zero-order chi connectivity index (χ0) is 23.9. The first kappa shape index (κ1) is 21.9. The molecule has 6 rings (SSSR count). The molecule has 2 aliphatic heterocycles. The van der Waals surface area contributed by atoms with Crippen LogP contribution in [-0.4, -0.2) is 72.8 Å². The standard InChI is InChI=1S/C26H29N7O2/c1-16-3-7-27-12-21(16)22-11-20-23(13-28-22)30-26(34)25(20)17(2)29-24-6-10-33(31-24)18-4-8-32(9-5-18)19-14-35-15-19/h3,6-7,10-13,18-19,30,34H,4-5,8-9,14-15H2,1-2H3. The summed E-state index contributed by atoms with van der Waals surface area (Å²) in [4.78, 5) is 19.1. The molecule has 0 bridgehead atoms. The highest BCUT2D eigenvalue weighted by molar-refractivity contribution is 6.13. The van der Waals surface area contributed by atoms with Crippen LogP contribution in [0.4, 0.5) is 5.82 Å². The SMILES string of the molecule is CC(=Nc1ccn(C2CCN(C3COC3)CC2)n1)c1c(O)[nH]c2cnc(-c3cnccc3C)cc12. The first-order valence-electron chi connectivity index (χ1n) is 12.1. The van der Waals surface area contributed by atoms with E-state index in [2.05, 4.69) is 19.9 Å². The third-order valence-corrected chi connectivity index (χ3v) is 7.23. The van der Waals surface area contributed by atoms with Gasteiger partial charge >= 0.3 is 0 Å². The molecule has 0 spiro atoms. The number of fused-ring (bicyclic) bond motifs is 1. The Morgan fingerprint density at radius 2 is 2.00 bits per heavy atom. The van der Waals surface area contributed by atoms with Gasteiger partial charge in [0.15, 0.2) is 11.7 Å². The quantitative estimate of drug-likeness (QED) is 0.426. The van der Waals surface area contributed by atoms with Crippen molar-refractivity contribution in [1.82, 2.24) is 29.6 Å². The number of piperidine rings is 1. The Morgan fingerprint density at radius 3 is 2.74 bits per heavy atom. The maximum atomic E-state index is 10.7. The Morgan fingerprint density at radius 1 is 1.17 bits per heavy atom. The van der Waals surface area contributed by atoms with Crippen molar-refractivity contribution in [2.24, 2.45) is 4.99 Å². The monoisotopic (exact) mass is 471 g/mol. The van der Waals surface area contributed by atoms with Gasteiger partial charge in [-0.15, -0.1) is 0 Å². The minimum absolute atomic E-state index is 0.0786. The maximum Gasteiger partial charge on any atom is 0.198 e. The van der Waals surface area contributed by atoms with Crippen LogP contribution in [0.1, 0.15) is 36.9 Å². The molecule has 9 heteroatoms. The molecule has 35 heavy (non-hydrogen) atoms. The van der Waals surface area contributed by atoms with Crippen LogP contribution in [0.5, 0.6) is 5.88 Å². The van der Waals surface area contributed by atoms with E-state index in [4.69, 9.17) is 14.8 Å². The molecular weight excluding hydrogens is 442 g/mol. The Hall–Kier alpha value is -3.56. The Kier molecular flexibility index (Phi) is 5.58. The lowest BCUT2D eigenvalue weighted by molar-refractivity contribution is -0.0734. The number of pyridine rings is 2. The Labute approximate surface area is 203 Å². The van der Waals surface area contributed by atoms with Crippen molar-refractivity contribution < 1.29 is 9.84 Å². The molecule has 2 saturated heterocycles. The molecular formula is C26H29N7O2. The molecule has 0 saturated carbocycles. The van der Waals surface area contributed by atoms with E-state index in [0.29, 0.717) is 29.2 Å². The normalized spacial score (nSPS) is 18.3. The first-order chi connectivity index (χ1) is 17.1. The number of likely N-dealkylation sites (tertiary alicyclic amines) is 1. The van der Waals surface area contributed by atoms with Gasteiger partial charge in [0.1, 0.15) is 0 Å². The molecule has 0 amide bonds. The van der Waals surface area contributed by atoms with Crippen molar-refractivity contribution in [2.45, 2.75) is 38.8 Å². The fourth-order valence-corrected chi connectivity index (χ4v) is 5.09. The second-order valence-electron chi connectivity index (χ2n) is 9.46. The largest absolute Gasteiger partial charge is 0.494 e. The van der Waals surface area contributed by atoms with Crippen LogP contribution in [-0.2, 0) is 4.74 Å². The number of nitrogens with zero attached hydrogens (tertiary/aromatic N) is 6. The number of aryl methyl sites for hydroxylation is 1. The van der Waals surface area contributed by atoms with Gasteiger partial charge in [-0.2, -0.15) is 5.10 Å². The Balaban J connectivity index is 1.25. The summed E-state index contributed by atoms with van der Waals surface area (Å²) in [5, 5.41) is 16.3. The van der Waals surface area contributed by atoms with Crippen LogP contribution in [0.2, 0.25) is 0 Å². The summed E-state index contributed by atoms with van der Waals surface area (Å²) in [5.74, 6) is 0.721. The zero-order valence-corrected chi connectivity index (χ0v) is 20.0. The van der Waals surface area contributed by atoms with E-state index in [1.54, 1.807) is 12.4 Å². The minimum atomic E-state index is 0.0786. The van der Waals surface area contributed by atoms with Gasteiger partial charge in [0.2, 0.25) is 0 Å². The molecule has 4 aromatic heterocycles. The summed E-state index contributed by atoms with van der Waals surface area (Å²) >= 11 is 0. The van der Waals surface area contributed by atoms with Crippen LogP contribution in [0.3, 0.4) is 0 Å². The highest BCUT2D eigenvalue weighted by atomic mass is 16.5. The second-order valence-corrected chi connectivity index (χ2v) is 9.46. The average molecular weight is 472 g/mol. The predicted octanol–water partition coefficient (Wildman–Crippen LogP) is 4.01. The zero-order valence-electron chi connectivity index (χ0n) is 20.0. The smallest absolute Gasteiger partial charge is 0.198 e. The second kappa shape index (κ2) is 8.90. The van der Waals surface area contributed by atoms with Crippen molar-refractivity contribution in [3.63, 3.8) is 0 Å². The summed E-state index contributed by atoms with van der Waals surface area (Å²) < 4.78 is 7.38. The van der Waals surface area contributed by atoms with E-state index in [9.17, 15) is 5.11 Å². The third-order valence-electron chi connectivity index (χ3n) is 7.23. The average Bonchev–Trinajstić information content (AvgIpc) is 3.41. The van der Waals surface area contributed by atoms with Gasteiger partial charge in [-0.3, -0.25) is 19.5 Å². The predicted molar refractivity (Wildman–Crippen MR) is 134 cm³/mol. The molecule has 0 aliphatic carbocycles. The fraction of sp³-hybridized carbons (Fsp3) is 0.385. The lowest BCUT2D eigenvalue weighted by Crippen LogP contribution is -2.51. The Bertz CT molecular complexity index is 1390. The lowest BCUT2D eigenvalue weighted by atomic mass is 10.0. The summed E-state index contributed by atoms with van der Waals surface area (Å²) in [7, 11) is 0. The number of hydrogen-bond acceptors (Lipinski definition) is 7. The number of hydrogen-bond donors (Lipinski definition) is 2. The van der Waals surface area contributed by atoms with E-state index in [0.717, 1.165) is 66.9 Å². The van der Waals surface area contributed by atoms with E-state index in [1.165, 1.54) is 0 Å². The molecule has 0 atom stereocenters. The van der Waals surface area contributed by atoms with Crippen LogP contribution < -0.4 is 0 Å². The molecule has 2 N–H and O–H groups in total. The van der Waals surface area contributed by atoms with E-state index >= 15 is 0 Å². The number of aliphatic imine (C=N–C) groups is 1. The fourth-order valence-electron chi connectivity index (χ4n) is 5.09. The number of rotatable bonds is 5. The van der Waals surface area contributed by atoms with Crippen molar-refractivity contribution in [2.75, 3.05) is 26.3 Å². The van der Waals surface area contributed by atoms with Gasteiger partial charge in [-0.25, -0.2) is 4.99 Å². The summed E-state index contributed by atoms with van der Waals surface area (Å²) in [6.45, 7) is 7.82. The van der Waals surface area contributed by atoms with Crippen LogP contribution in [0.25, 0.3) is 22.2 Å². The molecule has 4 aromatic rings. The summed E-state index contributed by atoms with van der Waals surface area (Å²) in [6.07, 6.45) is 9.49. The van der Waals surface area contributed by atoms with Crippen molar-refractivity contribution in [3.8, 4) is 17.1 Å². The number of H-pyrrole nitrogens is 1. The van der Waals surface area contributed by atoms with Gasteiger partial charge in [0.05, 0.1) is 54.0 Å². The van der Waals surface area contributed by atoms with Gasteiger partial charge in [-0.05, 0) is 44.4 Å². The lowest BCUT2D eigenvalue weighted by Gasteiger charge is -2.41. The highest BCUT2D eigenvalue weighted by Gasteiger charge is 2.30. The number of aromatic amines is 1. The number of aromatic hydroxyl groups is 1. The first-order valence-corrected chi connectivity index (χ1v) is 12.1. The maximum absolute atomic E-state index is 10.7. The molecule has 2 fully saturated rings. The van der Waals surface area contributed by atoms with Gasteiger partial charge in [0.25, 0.3) is 0 Å².